The van der Waals surface area contributed by atoms with Gasteiger partial charge in [0, 0.05) is 11.4 Å². The van der Waals surface area contributed by atoms with Gasteiger partial charge in [-0.2, -0.15) is 13.2 Å². The Kier molecular flexibility index (Phi) is 7.22. The van der Waals surface area contributed by atoms with Crippen molar-refractivity contribution in [1.82, 2.24) is 4.90 Å². The largest absolute Gasteiger partial charge is 0.497 e. The van der Waals surface area contributed by atoms with Gasteiger partial charge in [-0.05, 0) is 62.5 Å². The number of likely N-dealkylation sites (N-methyl/N-ethyl adjacent to an activating group) is 1. The average molecular weight is 409 g/mol. The molecule has 0 unspecified atom stereocenters. The molecule has 2 rings (SSSR count). The molecule has 0 aliphatic rings. The number of halogens is 3. The van der Waals surface area contributed by atoms with Crippen LogP contribution in [0.5, 0.6) is 5.75 Å². The highest BCUT2D eigenvalue weighted by atomic mass is 19.4. The Labute approximate surface area is 166 Å². The van der Waals surface area contributed by atoms with Crippen molar-refractivity contribution in [3.63, 3.8) is 0 Å². The van der Waals surface area contributed by atoms with Gasteiger partial charge in [-0.15, -0.1) is 0 Å². The lowest BCUT2D eigenvalue weighted by atomic mass is 10.2. The van der Waals surface area contributed by atoms with Gasteiger partial charge in [0.1, 0.15) is 5.75 Å². The summed E-state index contributed by atoms with van der Waals surface area (Å²) in [5.74, 6) is -0.0926. The van der Waals surface area contributed by atoms with Crippen LogP contribution in [0.3, 0.4) is 0 Å². The number of carbonyl (C=O) groups is 2. The third-order valence-electron chi connectivity index (χ3n) is 4.29. The smallest absolute Gasteiger partial charge is 0.416 e. The first kappa shape index (κ1) is 22.2. The third-order valence-corrected chi connectivity index (χ3v) is 4.29. The SMILES string of the molecule is COc1ccc(NC(=O)CN(C)[C@H](C)C(=O)Nc2ccc(C(F)(F)F)cc2)cc1. The molecule has 0 bridgehead atoms. The van der Waals surface area contributed by atoms with Crippen molar-refractivity contribution in [2.24, 2.45) is 0 Å². The van der Waals surface area contributed by atoms with E-state index in [2.05, 4.69) is 10.6 Å². The first-order chi connectivity index (χ1) is 13.6. The topological polar surface area (TPSA) is 70.7 Å². The van der Waals surface area contributed by atoms with E-state index in [1.54, 1.807) is 45.3 Å². The Morgan fingerprint density at radius 3 is 2.03 bits per heavy atom. The van der Waals surface area contributed by atoms with Gasteiger partial charge in [0.2, 0.25) is 11.8 Å². The van der Waals surface area contributed by atoms with Gasteiger partial charge in [0.05, 0.1) is 25.3 Å². The Balaban J connectivity index is 1.88. The summed E-state index contributed by atoms with van der Waals surface area (Å²) in [5.41, 5.74) is 0.0351. The van der Waals surface area contributed by atoms with Crippen LogP contribution in [-0.2, 0) is 15.8 Å². The number of hydrogen-bond acceptors (Lipinski definition) is 4. The maximum atomic E-state index is 12.6. The van der Waals surface area contributed by atoms with E-state index in [-0.39, 0.29) is 18.1 Å². The molecule has 0 radical (unpaired) electrons. The van der Waals surface area contributed by atoms with Gasteiger partial charge in [0.15, 0.2) is 0 Å². The van der Waals surface area contributed by atoms with Gasteiger partial charge in [-0.1, -0.05) is 0 Å². The van der Waals surface area contributed by atoms with Crippen molar-refractivity contribution in [3.05, 3.63) is 54.1 Å². The second-order valence-corrected chi connectivity index (χ2v) is 6.43. The molecule has 0 aromatic heterocycles. The maximum absolute atomic E-state index is 12.6. The summed E-state index contributed by atoms with van der Waals surface area (Å²) >= 11 is 0. The Bertz CT molecular complexity index is 837. The number of ether oxygens (including phenoxy) is 1. The monoisotopic (exact) mass is 409 g/mol. The van der Waals surface area contributed by atoms with Gasteiger partial charge in [-0.3, -0.25) is 14.5 Å². The summed E-state index contributed by atoms with van der Waals surface area (Å²) in [6.45, 7) is 1.55. The van der Waals surface area contributed by atoms with Crippen LogP contribution in [0, 0.1) is 0 Å². The molecule has 2 aromatic carbocycles. The van der Waals surface area contributed by atoms with Crippen LogP contribution in [0.25, 0.3) is 0 Å². The van der Waals surface area contributed by atoms with Crippen LogP contribution in [0.15, 0.2) is 48.5 Å². The van der Waals surface area contributed by atoms with Crippen LogP contribution in [0.4, 0.5) is 24.5 Å². The molecule has 0 fully saturated rings. The van der Waals surface area contributed by atoms with Crippen molar-refractivity contribution in [1.29, 1.82) is 0 Å². The first-order valence-electron chi connectivity index (χ1n) is 8.72. The minimum absolute atomic E-state index is 0.0480. The standard InChI is InChI=1S/C20H22F3N3O3/c1-13(19(28)25-16-6-4-14(5-7-16)20(21,22)23)26(2)12-18(27)24-15-8-10-17(29-3)11-9-15/h4-11,13H,12H2,1-3H3,(H,24,27)(H,25,28)/t13-/m1/s1. The molecule has 1 atom stereocenters. The maximum Gasteiger partial charge on any atom is 0.416 e. The normalized spacial score (nSPS) is 12.4. The molecule has 6 nitrogen and oxygen atoms in total. The number of amides is 2. The molecular formula is C20H22F3N3O3. The quantitative estimate of drug-likeness (QED) is 0.733. The fourth-order valence-electron chi connectivity index (χ4n) is 2.43. The second-order valence-electron chi connectivity index (χ2n) is 6.43. The molecule has 29 heavy (non-hydrogen) atoms. The molecule has 2 N–H and O–H groups in total. The number of benzene rings is 2. The van der Waals surface area contributed by atoms with Crippen LogP contribution in [0.1, 0.15) is 12.5 Å². The highest BCUT2D eigenvalue weighted by Crippen LogP contribution is 2.29. The number of nitrogens with zero attached hydrogens (tertiary/aromatic N) is 1. The van der Waals surface area contributed by atoms with Gasteiger partial charge in [-0.25, -0.2) is 0 Å². The van der Waals surface area contributed by atoms with Crippen molar-refractivity contribution in [2.75, 3.05) is 31.3 Å². The average Bonchev–Trinajstić information content (AvgIpc) is 2.67. The molecule has 2 aromatic rings. The summed E-state index contributed by atoms with van der Waals surface area (Å²) in [6, 6.07) is 10.3. The number of nitrogens with one attached hydrogen (secondary N) is 2. The van der Waals surface area contributed by atoms with E-state index >= 15 is 0 Å². The summed E-state index contributed by atoms with van der Waals surface area (Å²) in [5, 5.41) is 5.26. The molecular weight excluding hydrogens is 387 g/mol. The number of methoxy groups -OCH3 is 1. The van der Waals surface area contributed by atoms with Gasteiger partial charge < -0.3 is 15.4 Å². The fourth-order valence-corrected chi connectivity index (χ4v) is 2.43. The molecule has 0 spiro atoms. The third kappa shape index (κ3) is 6.49. The zero-order valence-corrected chi connectivity index (χ0v) is 16.2. The van der Waals surface area contributed by atoms with Crippen molar-refractivity contribution in [3.8, 4) is 5.75 Å². The van der Waals surface area contributed by atoms with Gasteiger partial charge >= 0.3 is 6.18 Å². The molecule has 156 valence electrons. The van der Waals surface area contributed by atoms with E-state index in [1.807, 2.05) is 0 Å². The van der Waals surface area contributed by atoms with Gasteiger partial charge in [0.25, 0.3) is 0 Å². The van der Waals surface area contributed by atoms with E-state index in [0.29, 0.717) is 11.4 Å². The van der Waals surface area contributed by atoms with E-state index < -0.39 is 23.7 Å². The van der Waals surface area contributed by atoms with E-state index in [0.717, 1.165) is 12.1 Å². The summed E-state index contributed by atoms with van der Waals surface area (Å²) in [4.78, 5) is 26.0. The van der Waals surface area contributed by atoms with Crippen LogP contribution in [0.2, 0.25) is 0 Å². The molecule has 2 amide bonds. The number of anilines is 2. The number of carbonyl (C=O) groups excluding carboxylic acids is 2. The predicted molar refractivity (Wildman–Crippen MR) is 104 cm³/mol. The Hall–Kier alpha value is -3.07. The molecule has 0 aliphatic carbocycles. The highest BCUT2D eigenvalue weighted by Gasteiger charge is 2.30. The lowest BCUT2D eigenvalue weighted by Gasteiger charge is -2.23. The minimum Gasteiger partial charge on any atom is -0.497 e. The molecule has 0 saturated heterocycles. The van der Waals surface area contributed by atoms with Crippen molar-refractivity contribution >= 4 is 23.2 Å². The van der Waals surface area contributed by atoms with Crippen LogP contribution >= 0.6 is 0 Å². The Morgan fingerprint density at radius 2 is 1.52 bits per heavy atom. The van der Waals surface area contributed by atoms with Crippen LogP contribution < -0.4 is 15.4 Å². The summed E-state index contributed by atoms with van der Waals surface area (Å²) < 4.78 is 42.8. The van der Waals surface area contributed by atoms with Crippen LogP contribution in [-0.4, -0.2) is 43.5 Å². The minimum atomic E-state index is -4.44. The summed E-state index contributed by atoms with van der Waals surface area (Å²) in [6.07, 6.45) is -4.44. The van der Waals surface area contributed by atoms with E-state index in [4.69, 9.17) is 4.74 Å². The number of rotatable bonds is 7. The molecule has 0 heterocycles. The molecule has 0 aliphatic heterocycles. The Morgan fingerprint density at radius 1 is 1.00 bits per heavy atom. The zero-order valence-electron chi connectivity index (χ0n) is 16.2. The highest BCUT2D eigenvalue weighted by molar-refractivity contribution is 5.96. The molecule has 0 saturated carbocycles. The summed E-state index contributed by atoms with van der Waals surface area (Å²) in [7, 11) is 3.14. The van der Waals surface area contributed by atoms with Crippen molar-refractivity contribution in [2.45, 2.75) is 19.1 Å². The lowest BCUT2D eigenvalue weighted by Crippen LogP contribution is -2.43. The van der Waals surface area contributed by atoms with E-state index in [1.165, 1.54) is 17.0 Å². The predicted octanol–water partition coefficient (Wildman–Crippen LogP) is 3.61. The second kappa shape index (κ2) is 9.42. The number of alkyl halides is 3. The molecule has 9 heteroatoms. The fraction of sp³-hybridized carbons (Fsp3) is 0.300. The number of hydrogen-bond donors (Lipinski definition) is 2. The first-order valence-corrected chi connectivity index (χ1v) is 8.72. The zero-order chi connectivity index (χ0) is 21.6. The lowest BCUT2D eigenvalue weighted by molar-refractivity contribution is -0.137. The van der Waals surface area contributed by atoms with E-state index in [9.17, 15) is 22.8 Å². The van der Waals surface area contributed by atoms with Crippen molar-refractivity contribution < 1.29 is 27.5 Å².